The van der Waals surface area contributed by atoms with Crippen LogP contribution in [0.25, 0.3) is 11.4 Å². The summed E-state index contributed by atoms with van der Waals surface area (Å²) in [7, 11) is 1.83. The van der Waals surface area contributed by atoms with Gasteiger partial charge in [-0.05, 0) is 37.1 Å². The van der Waals surface area contributed by atoms with Gasteiger partial charge in [-0.3, -0.25) is 9.48 Å². The Labute approximate surface area is 181 Å². The molecule has 0 fully saturated rings. The lowest BCUT2D eigenvalue weighted by atomic mass is 10.2. The highest BCUT2D eigenvalue weighted by Gasteiger charge is 2.22. The van der Waals surface area contributed by atoms with Crippen molar-refractivity contribution in [1.82, 2.24) is 24.6 Å². The number of anilines is 1. The van der Waals surface area contributed by atoms with Crippen molar-refractivity contribution in [3.63, 3.8) is 0 Å². The van der Waals surface area contributed by atoms with Crippen molar-refractivity contribution in [3.8, 4) is 23.2 Å². The van der Waals surface area contributed by atoms with E-state index < -0.39 is 0 Å². The molecule has 0 radical (unpaired) electrons. The molecule has 1 amide bonds. The first-order valence-corrected chi connectivity index (χ1v) is 10.4. The zero-order valence-corrected chi connectivity index (χ0v) is 18.1. The third-order valence-corrected chi connectivity index (χ3v) is 4.60. The maximum Gasteiger partial charge on any atom is 0.271 e. The number of imidazole rings is 1. The van der Waals surface area contributed by atoms with Crippen LogP contribution in [0.1, 0.15) is 42.7 Å². The van der Waals surface area contributed by atoms with Gasteiger partial charge in [0.05, 0.1) is 11.8 Å². The molecule has 0 unspecified atom stereocenters. The molecule has 31 heavy (non-hydrogen) atoms. The number of nitrogens with zero attached hydrogens (tertiary/aromatic N) is 4. The SMILES string of the molecule is CCCNC(=O)c1c(NCCC)nc(-c2cnn(CC#Cc3ccc(F)cc3)c2)n1C. The maximum absolute atomic E-state index is 13.0. The van der Waals surface area contributed by atoms with Crippen molar-refractivity contribution < 1.29 is 9.18 Å². The van der Waals surface area contributed by atoms with E-state index in [9.17, 15) is 9.18 Å². The first-order valence-electron chi connectivity index (χ1n) is 10.4. The molecular formula is C23H27FN6O. The molecular weight excluding hydrogens is 395 g/mol. The Morgan fingerprint density at radius 2 is 1.90 bits per heavy atom. The van der Waals surface area contributed by atoms with Gasteiger partial charge in [-0.25, -0.2) is 9.37 Å². The number of rotatable bonds is 8. The third-order valence-electron chi connectivity index (χ3n) is 4.60. The van der Waals surface area contributed by atoms with Crippen molar-refractivity contribution in [2.45, 2.75) is 33.2 Å². The number of halogens is 1. The number of carbonyl (C=O) groups is 1. The summed E-state index contributed by atoms with van der Waals surface area (Å²) in [5.74, 6) is 6.80. The lowest BCUT2D eigenvalue weighted by molar-refractivity contribution is 0.0946. The fourth-order valence-corrected chi connectivity index (χ4v) is 3.03. The number of hydrogen-bond donors (Lipinski definition) is 2. The average Bonchev–Trinajstić information content (AvgIpc) is 3.36. The maximum atomic E-state index is 13.0. The van der Waals surface area contributed by atoms with Crippen molar-refractivity contribution >= 4 is 11.7 Å². The monoisotopic (exact) mass is 422 g/mol. The molecule has 0 saturated heterocycles. The van der Waals surface area contributed by atoms with Gasteiger partial charge in [0, 0.05) is 31.9 Å². The van der Waals surface area contributed by atoms with Crippen LogP contribution in [-0.4, -0.2) is 38.3 Å². The van der Waals surface area contributed by atoms with Crippen LogP contribution in [0.5, 0.6) is 0 Å². The molecule has 7 nitrogen and oxygen atoms in total. The van der Waals surface area contributed by atoms with E-state index in [0.717, 1.165) is 30.5 Å². The van der Waals surface area contributed by atoms with Gasteiger partial charge >= 0.3 is 0 Å². The third kappa shape index (κ3) is 5.51. The number of aromatic nitrogens is 4. The molecule has 0 bridgehead atoms. The van der Waals surface area contributed by atoms with E-state index in [2.05, 4.69) is 39.5 Å². The predicted octanol–water partition coefficient (Wildman–Crippen LogP) is 3.44. The summed E-state index contributed by atoms with van der Waals surface area (Å²) < 4.78 is 16.5. The van der Waals surface area contributed by atoms with Gasteiger partial charge in [-0.1, -0.05) is 25.7 Å². The Bertz CT molecular complexity index is 1090. The van der Waals surface area contributed by atoms with Crippen molar-refractivity contribution in [2.75, 3.05) is 18.4 Å². The molecule has 0 atom stereocenters. The van der Waals surface area contributed by atoms with Gasteiger partial charge in [-0.15, -0.1) is 0 Å². The smallest absolute Gasteiger partial charge is 0.271 e. The molecule has 0 aliphatic heterocycles. The second-order valence-corrected chi connectivity index (χ2v) is 7.11. The van der Waals surface area contributed by atoms with Crippen molar-refractivity contribution in [3.05, 3.63) is 53.7 Å². The zero-order chi connectivity index (χ0) is 22.2. The fourth-order valence-electron chi connectivity index (χ4n) is 3.03. The van der Waals surface area contributed by atoms with Crippen LogP contribution in [0.2, 0.25) is 0 Å². The summed E-state index contributed by atoms with van der Waals surface area (Å²) in [5, 5.41) is 10.5. The Hall–Kier alpha value is -3.60. The standard InChI is InChI=1S/C23H27FN6O/c1-4-12-25-21-20(23(31)26-13-5-2)29(3)22(28-21)18-15-27-30(16-18)14-6-7-17-8-10-19(24)11-9-17/h8-11,15-16,25H,4-5,12-14H2,1-3H3,(H,26,31). The van der Waals surface area contributed by atoms with Gasteiger partial charge in [0.15, 0.2) is 11.5 Å². The Balaban J connectivity index is 1.81. The topological polar surface area (TPSA) is 76.8 Å². The van der Waals surface area contributed by atoms with Crippen molar-refractivity contribution in [1.29, 1.82) is 0 Å². The number of carbonyl (C=O) groups excluding carboxylic acids is 1. The van der Waals surface area contributed by atoms with Crippen LogP contribution in [0, 0.1) is 17.7 Å². The number of hydrogen-bond acceptors (Lipinski definition) is 4. The minimum Gasteiger partial charge on any atom is -0.368 e. The van der Waals surface area contributed by atoms with Gasteiger partial charge in [0.2, 0.25) is 0 Å². The van der Waals surface area contributed by atoms with E-state index in [0.29, 0.717) is 30.4 Å². The van der Waals surface area contributed by atoms with E-state index >= 15 is 0 Å². The molecule has 3 aromatic rings. The average molecular weight is 423 g/mol. The Morgan fingerprint density at radius 1 is 1.16 bits per heavy atom. The Morgan fingerprint density at radius 3 is 2.61 bits per heavy atom. The number of benzene rings is 1. The molecule has 2 aromatic heterocycles. The predicted molar refractivity (Wildman–Crippen MR) is 119 cm³/mol. The summed E-state index contributed by atoms with van der Waals surface area (Å²) in [5.41, 5.74) is 2.04. The molecule has 0 aliphatic rings. The van der Waals surface area contributed by atoms with Crippen LogP contribution >= 0.6 is 0 Å². The lowest BCUT2D eigenvalue weighted by Crippen LogP contribution is -2.27. The number of amides is 1. The summed E-state index contributed by atoms with van der Waals surface area (Å²) >= 11 is 0. The molecule has 2 heterocycles. The molecule has 1 aromatic carbocycles. The summed E-state index contributed by atoms with van der Waals surface area (Å²) in [6.45, 7) is 5.79. The van der Waals surface area contributed by atoms with E-state index in [-0.39, 0.29) is 11.7 Å². The lowest BCUT2D eigenvalue weighted by Gasteiger charge is -2.08. The molecule has 3 rings (SSSR count). The molecule has 0 spiro atoms. The van der Waals surface area contributed by atoms with Crippen LogP contribution in [0.3, 0.4) is 0 Å². The van der Waals surface area contributed by atoms with Crippen LogP contribution in [0.15, 0.2) is 36.7 Å². The largest absolute Gasteiger partial charge is 0.368 e. The molecule has 0 aliphatic carbocycles. The van der Waals surface area contributed by atoms with Crippen LogP contribution in [-0.2, 0) is 13.6 Å². The van der Waals surface area contributed by atoms with Gasteiger partial charge in [-0.2, -0.15) is 5.10 Å². The van der Waals surface area contributed by atoms with Gasteiger partial charge in [0.1, 0.15) is 18.2 Å². The quantitative estimate of drug-likeness (QED) is 0.545. The minimum atomic E-state index is -0.284. The highest BCUT2D eigenvalue weighted by Crippen LogP contribution is 2.24. The fraction of sp³-hybridized carbons (Fsp3) is 0.348. The van der Waals surface area contributed by atoms with Crippen LogP contribution in [0.4, 0.5) is 10.2 Å². The molecule has 0 saturated carbocycles. The van der Waals surface area contributed by atoms with Crippen LogP contribution < -0.4 is 10.6 Å². The normalized spacial score (nSPS) is 10.5. The van der Waals surface area contributed by atoms with E-state index in [1.165, 1.54) is 12.1 Å². The van der Waals surface area contributed by atoms with Gasteiger partial charge in [0.25, 0.3) is 5.91 Å². The van der Waals surface area contributed by atoms with E-state index in [4.69, 9.17) is 0 Å². The molecule has 162 valence electrons. The molecule has 2 N–H and O–H groups in total. The minimum absolute atomic E-state index is 0.153. The Kier molecular flexibility index (Phi) is 7.44. The first-order chi connectivity index (χ1) is 15.0. The van der Waals surface area contributed by atoms with E-state index in [1.54, 1.807) is 27.6 Å². The zero-order valence-electron chi connectivity index (χ0n) is 18.1. The number of nitrogens with one attached hydrogen (secondary N) is 2. The van der Waals surface area contributed by atoms with Crippen molar-refractivity contribution in [2.24, 2.45) is 7.05 Å². The molecule has 8 heteroatoms. The highest BCUT2D eigenvalue weighted by atomic mass is 19.1. The summed E-state index contributed by atoms with van der Waals surface area (Å²) in [6.07, 6.45) is 5.34. The summed E-state index contributed by atoms with van der Waals surface area (Å²) in [6, 6.07) is 6.05. The highest BCUT2D eigenvalue weighted by molar-refractivity contribution is 5.98. The summed E-state index contributed by atoms with van der Waals surface area (Å²) in [4.78, 5) is 17.3. The van der Waals surface area contributed by atoms with Gasteiger partial charge < -0.3 is 15.2 Å². The second kappa shape index (κ2) is 10.4. The second-order valence-electron chi connectivity index (χ2n) is 7.11. The first kappa shape index (κ1) is 22.1. The van der Waals surface area contributed by atoms with E-state index in [1.807, 2.05) is 20.2 Å².